The highest BCUT2D eigenvalue weighted by atomic mass is 35.5. The van der Waals surface area contributed by atoms with Crippen LogP contribution in [0, 0.1) is 0 Å². The zero-order valence-electron chi connectivity index (χ0n) is 11.1. The quantitative estimate of drug-likeness (QED) is 0.679. The maximum atomic E-state index is 12.1. The van der Waals surface area contributed by atoms with E-state index in [-0.39, 0.29) is 12.4 Å². The highest BCUT2D eigenvalue weighted by Crippen LogP contribution is 2.23. The normalized spacial score (nSPS) is 10.5. The minimum atomic E-state index is -0.120. The smallest absolute Gasteiger partial charge is 0.200 e. The number of hydrogen-bond donors (Lipinski definition) is 0. The SMILES string of the molecule is O=C(COc1cccc2cccnc12)c1cccc(Cl)c1. The van der Waals surface area contributed by atoms with Gasteiger partial charge in [0, 0.05) is 22.2 Å². The van der Waals surface area contributed by atoms with Crippen molar-refractivity contribution >= 4 is 28.3 Å². The second kappa shape index (κ2) is 5.94. The molecule has 3 aromatic rings. The van der Waals surface area contributed by atoms with Gasteiger partial charge < -0.3 is 4.74 Å². The molecule has 0 fully saturated rings. The summed E-state index contributed by atoms with van der Waals surface area (Å²) in [5.74, 6) is 0.480. The Morgan fingerprint density at radius 1 is 1.10 bits per heavy atom. The number of hydrogen-bond acceptors (Lipinski definition) is 3. The molecule has 0 bridgehead atoms. The fourth-order valence-electron chi connectivity index (χ4n) is 2.08. The molecule has 2 aromatic carbocycles. The third-order valence-corrected chi connectivity index (χ3v) is 3.34. The number of nitrogens with zero attached hydrogens (tertiary/aromatic N) is 1. The first-order chi connectivity index (χ1) is 10.2. The van der Waals surface area contributed by atoms with Gasteiger partial charge in [-0.15, -0.1) is 0 Å². The first kappa shape index (κ1) is 13.6. The summed E-state index contributed by atoms with van der Waals surface area (Å²) in [4.78, 5) is 16.4. The molecule has 104 valence electrons. The fraction of sp³-hybridized carbons (Fsp3) is 0.0588. The molecule has 0 aliphatic carbocycles. The van der Waals surface area contributed by atoms with Gasteiger partial charge in [0.25, 0.3) is 0 Å². The third-order valence-electron chi connectivity index (χ3n) is 3.10. The van der Waals surface area contributed by atoms with Crippen molar-refractivity contribution in [1.29, 1.82) is 0 Å². The lowest BCUT2D eigenvalue weighted by Gasteiger charge is -2.08. The lowest BCUT2D eigenvalue weighted by Crippen LogP contribution is -2.11. The lowest BCUT2D eigenvalue weighted by molar-refractivity contribution is 0.0922. The second-order valence-corrected chi connectivity index (χ2v) is 4.99. The summed E-state index contributed by atoms with van der Waals surface area (Å²) >= 11 is 5.88. The van der Waals surface area contributed by atoms with Gasteiger partial charge in [0.05, 0.1) is 0 Å². The van der Waals surface area contributed by atoms with Crippen molar-refractivity contribution in [1.82, 2.24) is 4.98 Å². The number of halogens is 1. The molecule has 1 heterocycles. The van der Waals surface area contributed by atoms with Gasteiger partial charge in [-0.2, -0.15) is 0 Å². The highest BCUT2D eigenvalue weighted by molar-refractivity contribution is 6.31. The van der Waals surface area contributed by atoms with E-state index in [9.17, 15) is 4.79 Å². The van der Waals surface area contributed by atoms with E-state index in [2.05, 4.69) is 4.98 Å². The summed E-state index contributed by atoms with van der Waals surface area (Å²) in [5, 5.41) is 1.51. The number of fused-ring (bicyclic) bond motifs is 1. The van der Waals surface area contributed by atoms with Crippen molar-refractivity contribution in [3.05, 3.63) is 71.4 Å². The summed E-state index contributed by atoms with van der Waals surface area (Å²) in [5.41, 5.74) is 1.29. The van der Waals surface area contributed by atoms with Crippen LogP contribution in [0.5, 0.6) is 5.75 Å². The molecule has 1 aromatic heterocycles. The van der Waals surface area contributed by atoms with E-state index in [1.54, 1.807) is 36.5 Å². The Balaban J connectivity index is 1.79. The second-order valence-electron chi connectivity index (χ2n) is 4.55. The van der Waals surface area contributed by atoms with Crippen molar-refractivity contribution in [3.8, 4) is 5.75 Å². The molecule has 0 radical (unpaired) electrons. The van der Waals surface area contributed by atoms with E-state index in [4.69, 9.17) is 16.3 Å². The average molecular weight is 298 g/mol. The van der Waals surface area contributed by atoms with Crippen LogP contribution in [0.4, 0.5) is 0 Å². The van der Waals surface area contributed by atoms with Gasteiger partial charge in [-0.3, -0.25) is 9.78 Å². The number of para-hydroxylation sites is 1. The van der Waals surface area contributed by atoms with Crippen LogP contribution in [0.3, 0.4) is 0 Å². The van der Waals surface area contributed by atoms with Crippen LogP contribution in [-0.4, -0.2) is 17.4 Å². The Hall–Kier alpha value is -2.39. The Morgan fingerprint density at radius 3 is 2.76 bits per heavy atom. The largest absolute Gasteiger partial charge is 0.483 e. The highest BCUT2D eigenvalue weighted by Gasteiger charge is 2.09. The molecule has 0 atom stereocenters. The van der Waals surface area contributed by atoms with Crippen molar-refractivity contribution < 1.29 is 9.53 Å². The first-order valence-electron chi connectivity index (χ1n) is 6.49. The standard InChI is InChI=1S/C17H12ClNO2/c18-14-7-1-5-13(10-14)15(20)11-21-16-8-2-4-12-6-3-9-19-17(12)16/h1-10H,11H2. The number of carbonyl (C=O) groups is 1. The van der Waals surface area contributed by atoms with Crippen molar-refractivity contribution in [3.63, 3.8) is 0 Å². The van der Waals surface area contributed by atoms with Gasteiger partial charge in [0.15, 0.2) is 12.4 Å². The van der Waals surface area contributed by atoms with E-state index in [0.29, 0.717) is 16.3 Å². The molecule has 0 unspecified atom stereocenters. The average Bonchev–Trinajstić information content (AvgIpc) is 2.52. The number of aromatic nitrogens is 1. The van der Waals surface area contributed by atoms with Crippen LogP contribution in [0.2, 0.25) is 5.02 Å². The molecular weight excluding hydrogens is 286 g/mol. The number of ether oxygens (including phenoxy) is 1. The maximum absolute atomic E-state index is 12.1. The van der Waals surface area contributed by atoms with Crippen LogP contribution in [0.15, 0.2) is 60.8 Å². The molecule has 0 saturated heterocycles. The Labute approximate surface area is 127 Å². The number of Topliss-reactive ketones (excluding diaryl/α,β-unsaturated/α-hetero) is 1. The van der Waals surface area contributed by atoms with Crippen LogP contribution in [0.25, 0.3) is 10.9 Å². The third kappa shape index (κ3) is 3.03. The first-order valence-corrected chi connectivity index (χ1v) is 6.87. The van der Waals surface area contributed by atoms with Crippen LogP contribution < -0.4 is 4.74 Å². The van der Waals surface area contributed by atoms with E-state index in [1.807, 2.05) is 24.3 Å². The predicted octanol–water partition coefficient (Wildman–Crippen LogP) is 4.15. The van der Waals surface area contributed by atoms with Crippen LogP contribution in [-0.2, 0) is 0 Å². The van der Waals surface area contributed by atoms with Crippen molar-refractivity contribution in [2.75, 3.05) is 6.61 Å². The Kier molecular flexibility index (Phi) is 3.84. The zero-order valence-corrected chi connectivity index (χ0v) is 11.9. The topological polar surface area (TPSA) is 39.2 Å². The minimum Gasteiger partial charge on any atom is -0.483 e. The summed E-state index contributed by atoms with van der Waals surface area (Å²) in [6.07, 6.45) is 1.70. The van der Waals surface area contributed by atoms with Crippen LogP contribution in [0.1, 0.15) is 10.4 Å². The molecular formula is C17H12ClNO2. The molecule has 0 saturated carbocycles. The maximum Gasteiger partial charge on any atom is 0.200 e. The number of rotatable bonds is 4. The molecule has 21 heavy (non-hydrogen) atoms. The number of pyridine rings is 1. The van der Waals surface area contributed by atoms with E-state index < -0.39 is 0 Å². The molecule has 3 rings (SSSR count). The van der Waals surface area contributed by atoms with Crippen LogP contribution >= 0.6 is 11.6 Å². The van der Waals surface area contributed by atoms with Gasteiger partial charge in [0.1, 0.15) is 11.3 Å². The molecule has 0 spiro atoms. The van der Waals surface area contributed by atoms with Gasteiger partial charge in [0.2, 0.25) is 0 Å². The molecule has 3 nitrogen and oxygen atoms in total. The predicted molar refractivity (Wildman–Crippen MR) is 83.0 cm³/mol. The van der Waals surface area contributed by atoms with E-state index >= 15 is 0 Å². The van der Waals surface area contributed by atoms with Gasteiger partial charge >= 0.3 is 0 Å². The van der Waals surface area contributed by atoms with Gasteiger partial charge in [-0.1, -0.05) is 41.9 Å². The molecule has 4 heteroatoms. The molecule has 0 aliphatic heterocycles. The number of ketones is 1. The lowest BCUT2D eigenvalue weighted by atomic mass is 10.1. The summed E-state index contributed by atoms with van der Waals surface area (Å²) in [7, 11) is 0. The fourth-order valence-corrected chi connectivity index (χ4v) is 2.27. The zero-order chi connectivity index (χ0) is 14.7. The molecule has 0 amide bonds. The van der Waals surface area contributed by atoms with E-state index in [0.717, 1.165) is 10.9 Å². The Bertz CT molecular complexity index is 796. The molecule has 0 aliphatic rings. The van der Waals surface area contributed by atoms with Crippen molar-refractivity contribution in [2.24, 2.45) is 0 Å². The Morgan fingerprint density at radius 2 is 1.90 bits per heavy atom. The van der Waals surface area contributed by atoms with Gasteiger partial charge in [-0.05, 0) is 24.3 Å². The molecule has 0 N–H and O–H groups in total. The summed E-state index contributed by atoms with van der Waals surface area (Å²) < 4.78 is 5.62. The minimum absolute atomic E-state index is 0.0456. The van der Waals surface area contributed by atoms with Gasteiger partial charge in [-0.25, -0.2) is 0 Å². The van der Waals surface area contributed by atoms with Crippen molar-refractivity contribution in [2.45, 2.75) is 0 Å². The summed E-state index contributed by atoms with van der Waals surface area (Å²) in [6, 6.07) is 16.3. The van der Waals surface area contributed by atoms with E-state index in [1.165, 1.54) is 0 Å². The number of carbonyl (C=O) groups excluding carboxylic acids is 1. The monoisotopic (exact) mass is 297 g/mol. The number of benzene rings is 2. The summed E-state index contributed by atoms with van der Waals surface area (Å²) in [6.45, 7) is -0.0456.